The van der Waals surface area contributed by atoms with E-state index >= 15 is 0 Å². The van der Waals surface area contributed by atoms with Crippen LogP contribution in [-0.2, 0) is 4.79 Å². The summed E-state index contributed by atoms with van der Waals surface area (Å²) in [6.45, 7) is 5.35. The van der Waals surface area contributed by atoms with E-state index < -0.39 is 26.4 Å². The number of hydrogen-bond donors (Lipinski definition) is 1. The molecule has 1 N–H and O–H groups in total. The smallest absolute Gasteiger partial charge is 0.303 e. The Labute approximate surface area is 61.1 Å². The van der Waals surface area contributed by atoms with Crippen molar-refractivity contribution in [2.75, 3.05) is 0 Å². The molecule has 2 nitrogen and oxygen atoms in total. The average Bonchev–Trinajstić information content (AvgIpc) is 1.83. The summed E-state index contributed by atoms with van der Waals surface area (Å²) >= 11 is 0. The highest BCUT2D eigenvalue weighted by atomic mass is 28.3. The van der Waals surface area contributed by atoms with Crippen molar-refractivity contribution in [1.82, 2.24) is 0 Å². The van der Waals surface area contributed by atoms with Gasteiger partial charge in [0, 0.05) is 18.6 Å². The second kappa shape index (κ2) is 3.01. The second-order valence-electron chi connectivity index (χ2n) is 2.96. The Bertz CT molecular complexity index is 188. The van der Waals surface area contributed by atoms with Gasteiger partial charge in [-0.1, -0.05) is 19.6 Å². The molecule has 0 saturated carbocycles. The van der Waals surface area contributed by atoms with Gasteiger partial charge in [-0.25, -0.2) is 0 Å². The van der Waals surface area contributed by atoms with E-state index in [1.54, 1.807) is 19.6 Å². The standard InChI is InChI=1S/C6H14O2Si/c1-9(2,3)5-4-6(7)8/h4-5H2,1-3H3,(H,7,8)/i4D2,5D. The van der Waals surface area contributed by atoms with Crippen molar-refractivity contribution in [1.29, 1.82) is 0 Å². The fourth-order valence-corrected chi connectivity index (χ4v) is 0.835. The highest BCUT2D eigenvalue weighted by Crippen LogP contribution is 2.10. The molecule has 0 saturated heterocycles. The number of carboxylic acid groups (broad SMARTS) is 1. The van der Waals surface area contributed by atoms with Crippen LogP contribution in [0.2, 0.25) is 25.7 Å². The molecule has 0 radical (unpaired) electrons. The van der Waals surface area contributed by atoms with Gasteiger partial charge in [0.2, 0.25) is 0 Å². The van der Waals surface area contributed by atoms with Crippen LogP contribution in [0, 0.1) is 0 Å². The van der Waals surface area contributed by atoms with Crippen LogP contribution in [0.4, 0.5) is 0 Å². The van der Waals surface area contributed by atoms with Crippen LogP contribution in [0.15, 0.2) is 0 Å². The molecule has 0 aromatic rings. The van der Waals surface area contributed by atoms with E-state index in [4.69, 9.17) is 9.22 Å². The molecular weight excluding hydrogens is 132 g/mol. The van der Waals surface area contributed by atoms with Gasteiger partial charge in [-0.3, -0.25) is 4.79 Å². The minimum Gasteiger partial charge on any atom is -0.481 e. The molecule has 0 fully saturated rings. The SMILES string of the molecule is [2H]C(C([2H])([2H])C(=O)O)[Si](C)(C)C. The molecule has 0 aliphatic heterocycles. The lowest BCUT2D eigenvalue weighted by Gasteiger charge is -2.12. The summed E-state index contributed by atoms with van der Waals surface area (Å²) in [6, 6.07) is -1.12. The van der Waals surface area contributed by atoms with Gasteiger partial charge in [0.25, 0.3) is 0 Å². The molecule has 0 aliphatic carbocycles. The predicted molar refractivity (Wildman–Crippen MR) is 40.4 cm³/mol. The lowest BCUT2D eigenvalue weighted by Crippen LogP contribution is -2.20. The van der Waals surface area contributed by atoms with Gasteiger partial charge >= 0.3 is 5.97 Å². The first kappa shape index (κ1) is 4.49. The second-order valence-corrected chi connectivity index (χ2v) is 7.98. The molecule has 0 aliphatic rings. The molecule has 0 spiro atoms. The minimum absolute atomic E-state index is 1.12. The molecule has 3 heteroatoms. The number of aliphatic carboxylic acids is 1. The zero-order valence-corrected chi connectivity index (χ0v) is 6.93. The van der Waals surface area contributed by atoms with Crippen molar-refractivity contribution in [2.45, 2.75) is 32.0 Å². The summed E-state index contributed by atoms with van der Waals surface area (Å²) in [5, 5.41) is 8.50. The van der Waals surface area contributed by atoms with Gasteiger partial charge in [-0.15, -0.1) is 0 Å². The summed E-state index contributed by atoms with van der Waals surface area (Å²) in [5.74, 6) is -1.54. The average molecular weight is 149 g/mol. The minimum atomic E-state index is -2.41. The fraction of sp³-hybridized carbons (Fsp3) is 0.833. The first-order valence-corrected chi connectivity index (χ1v) is 6.33. The Morgan fingerprint density at radius 2 is 2.11 bits per heavy atom. The summed E-state index contributed by atoms with van der Waals surface area (Å²) in [7, 11) is -2.05. The molecule has 9 heavy (non-hydrogen) atoms. The predicted octanol–water partition coefficient (Wildman–Crippen LogP) is 1.80. The van der Waals surface area contributed by atoms with Crippen LogP contribution >= 0.6 is 0 Å². The van der Waals surface area contributed by atoms with E-state index in [0.717, 1.165) is 0 Å². The van der Waals surface area contributed by atoms with Crippen molar-refractivity contribution in [3.05, 3.63) is 0 Å². The lowest BCUT2D eigenvalue weighted by atomic mass is 10.5. The molecule has 1 atom stereocenters. The molecule has 0 bridgehead atoms. The van der Waals surface area contributed by atoms with Gasteiger partial charge < -0.3 is 5.11 Å². The summed E-state index contributed by atoms with van der Waals surface area (Å²) in [5.41, 5.74) is 0. The highest BCUT2D eigenvalue weighted by Gasteiger charge is 2.13. The monoisotopic (exact) mass is 149 g/mol. The summed E-state index contributed by atoms with van der Waals surface area (Å²) in [4.78, 5) is 10.4. The van der Waals surface area contributed by atoms with Crippen LogP contribution in [0.1, 0.15) is 10.5 Å². The molecule has 1 unspecified atom stereocenters. The van der Waals surface area contributed by atoms with E-state index in [1.807, 2.05) is 0 Å². The topological polar surface area (TPSA) is 37.3 Å². The van der Waals surface area contributed by atoms with Gasteiger partial charge in [0.05, 0.1) is 0 Å². The van der Waals surface area contributed by atoms with Crippen LogP contribution in [0.3, 0.4) is 0 Å². The maximum absolute atomic E-state index is 10.4. The van der Waals surface area contributed by atoms with Gasteiger partial charge in [-0.05, 0) is 6.02 Å². The third kappa shape index (κ3) is 7.69. The van der Waals surface area contributed by atoms with Crippen LogP contribution < -0.4 is 0 Å². The van der Waals surface area contributed by atoms with Gasteiger partial charge in [0.1, 0.15) is 0 Å². The van der Waals surface area contributed by atoms with Crippen molar-refractivity contribution in [2.24, 2.45) is 0 Å². The van der Waals surface area contributed by atoms with Crippen LogP contribution in [-0.4, -0.2) is 19.1 Å². The first-order chi connectivity index (χ1) is 5.10. The Hall–Kier alpha value is -0.313. The van der Waals surface area contributed by atoms with E-state index in [0.29, 0.717) is 0 Å². The third-order valence-corrected chi connectivity index (χ3v) is 1.64. The van der Waals surface area contributed by atoms with E-state index in [-0.39, 0.29) is 0 Å². The Kier molecular flexibility index (Phi) is 1.50. The molecule has 0 heterocycles. The molecular formula is C6H14O2Si. The van der Waals surface area contributed by atoms with Crippen molar-refractivity contribution < 1.29 is 14.0 Å². The number of carboxylic acids is 1. The third-order valence-electron chi connectivity index (χ3n) is 0.629. The number of rotatable bonds is 3. The van der Waals surface area contributed by atoms with E-state index in [9.17, 15) is 4.79 Å². The first-order valence-electron chi connectivity index (χ1n) is 4.33. The zero-order chi connectivity index (χ0) is 10.2. The van der Waals surface area contributed by atoms with Crippen molar-refractivity contribution in [3.63, 3.8) is 0 Å². The maximum Gasteiger partial charge on any atom is 0.303 e. The van der Waals surface area contributed by atoms with E-state index in [1.165, 1.54) is 0 Å². The normalized spacial score (nSPS) is 21.4. The Morgan fingerprint density at radius 3 is 2.22 bits per heavy atom. The fourth-order valence-electron chi connectivity index (χ4n) is 0.278. The zero-order valence-electron chi connectivity index (χ0n) is 8.93. The van der Waals surface area contributed by atoms with Crippen molar-refractivity contribution >= 4 is 14.0 Å². The lowest BCUT2D eigenvalue weighted by molar-refractivity contribution is -0.136. The Morgan fingerprint density at radius 1 is 1.67 bits per heavy atom. The number of hydrogen-bond acceptors (Lipinski definition) is 1. The van der Waals surface area contributed by atoms with Crippen molar-refractivity contribution in [3.8, 4) is 0 Å². The van der Waals surface area contributed by atoms with Crippen LogP contribution in [0.25, 0.3) is 0 Å². The largest absolute Gasteiger partial charge is 0.481 e. The maximum atomic E-state index is 10.4. The molecule has 0 amide bonds. The Balaban J connectivity index is 4.69. The number of carbonyl (C=O) groups is 1. The molecule has 54 valence electrons. The molecule has 0 aromatic heterocycles. The summed E-state index contributed by atoms with van der Waals surface area (Å²) < 4.78 is 21.8. The van der Waals surface area contributed by atoms with Crippen LogP contribution in [0.5, 0.6) is 0 Å². The molecule has 0 rings (SSSR count). The van der Waals surface area contributed by atoms with Gasteiger partial charge in [0.15, 0.2) is 0 Å². The summed E-state index contributed by atoms with van der Waals surface area (Å²) in [6.07, 6.45) is -2.41. The highest BCUT2D eigenvalue weighted by molar-refractivity contribution is 6.76. The van der Waals surface area contributed by atoms with Gasteiger partial charge in [-0.2, -0.15) is 0 Å². The molecule has 0 aromatic carbocycles. The quantitative estimate of drug-likeness (QED) is 0.621. The van der Waals surface area contributed by atoms with E-state index in [2.05, 4.69) is 0 Å².